The van der Waals surface area contributed by atoms with E-state index in [1.165, 1.54) is 6.07 Å². The molecule has 0 fully saturated rings. The molecule has 0 radical (unpaired) electrons. The Morgan fingerprint density at radius 2 is 1.90 bits per heavy atom. The van der Waals surface area contributed by atoms with Gasteiger partial charge in [0.2, 0.25) is 5.82 Å². The van der Waals surface area contributed by atoms with Gasteiger partial charge in [0.1, 0.15) is 5.75 Å². The highest BCUT2D eigenvalue weighted by Crippen LogP contribution is 2.32. The molecule has 0 atom stereocenters. The zero-order valence-electron chi connectivity index (χ0n) is 10.2. The van der Waals surface area contributed by atoms with Crippen molar-refractivity contribution >= 4 is 17.3 Å². The van der Waals surface area contributed by atoms with Crippen molar-refractivity contribution in [3.63, 3.8) is 0 Å². The lowest BCUT2D eigenvalue weighted by molar-refractivity contribution is 0.426. The number of hydrogen-bond acceptors (Lipinski definition) is 5. The highest BCUT2D eigenvalue weighted by atomic mass is 35.5. The molecule has 3 rings (SSSR count). The van der Waals surface area contributed by atoms with Crippen molar-refractivity contribution in [3.8, 4) is 28.6 Å². The molecule has 0 aliphatic rings. The number of phenolic OH excluding ortho intramolecular Hbond substituents is 1. The molecule has 2 aromatic carbocycles. The van der Waals surface area contributed by atoms with Crippen LogP contribution in [-0.2, 0) is 0 Å². The van der Waals surface area contributed by atoms with Crippen molar-refractivity contribution in [2.75, 3.05) is 5.73 Å². The predicted octanol–water partition coefficient (Wildman–Crippen LogP) is 3.34. The number of hydrogen-bond donors (Lipinski definition) is 2. The van der Waals surface area contributed by atoms with E-state index in [-0.39, 0.29) is 11.6 Å². The first-order valence-corrected chi connectivity index (χ1v) is 6.20. The molecule has 0 bridgehead atoms. The summed E-state index contributed by atoms with van der Waals surface area (Å²) in [5, 5.41) is 14.2. The Bertz CT molecular complexity index is 771. The topological polar surface area (TPSA) is 85.2 Å². The van der Waals surface area contributed by atoms with Gasteiger partial charge in [-0.15, -0.1) is 0 Å². The van der Waals surface area contributed by atoms with Gasteiger partial charge in [0.25, 0.3) is 5.89 Å². The van der Waals surface area contributed by atoms with Gasteiger partial charge in [-0.05, 0) is 24.3 Å². The first kappa shape index (κ1) is 12.5. The number of aromatic nitrogens is 2. The maximum absolute atomic E-state index is 9.85. The fourth-order valence-corrected chi connectivity index (χ4v) is 2.03. The van der Waals surface area contributed by atoms with Crippen molar-refractivity contribution in [1.29, 1.82) is 0 Å². The van der Waals surface area contributed by atoms with Crippen molar-refractivity contribution in [2.24, 2.45) is 0 Å². The van der Waals surface area contributed by atoms with E-state index in [0.717, 1.165) is 0 Å². The average molecular weight is 288 g/mol. The summed E-state index contributed by atoms with van der Waals surface area (Å²) in [6.07, 6.45) is 0. The third-order valence-electron chi connectivity index (χ3n) is 2.79. The van der Waals surface area contributed by atoms with Gasteiger partial charge in [-0.1, -0.05) is 28.9 Å². The number of nitrogens with zero attached hydrogens (tertiary/aromatic N) is 2. The van der Waals surface area contributed by atoms with Gasteiger partial charge in [-0.2, -0.15) is 4.98 Å². The molecule has 3 N–H and O–H groups in total. The van der Waals surface area contributed by atoms with Crippen LogP contribution < -0.4 is 5.73 Å². The number of aromatic hydroxyl groups is 1. The van der Waals surface area contributed by atoms with Gasteiger partial charge < -0.3 is 15.4 Å². The normalized spacial score (nSPS) is 10.7. The van der Waals surface area contributed by atoms with Gasteiger partial charge in [-0.3, -0.25) is 0 Å². The number of rotatable bonds is 2. The van der Waals surface area contributed by atoms with E-state index >= 15 is 0 Å². The Hall–Kier alpha value is -2.53. The molecule has 0 saturated heterocycles. The van der Waals surface area contributed by atoms with Crippen LogP contribution in [0, 0.1) is 0 Å². The number of nitrogens with two attached hydrogens (primary N) is 1. The molecule has 0 saturated carbocycles. The minimum absolute atomic E-state index is 0.0145. The molecule has 0 amide bonds. The van der Waals surface area contributed by atoms with E-state index in [1.54, 1.807) is 24.3 Å². The highest BCUT2D eigenvalue weighted by molar-refractivity contribution is 6.33. The van der Waals surface area contributed by atoms with Crippen LogP contribution in [-0.4, -0.2) is 15.2 Å². The Morgan fingerprint density at radius 1 is 1.10 bits per heavy atom. The zero-order chi connectivity index (χ0) is 14.1. The van der Waals surface area contributed by atoms with E-state index in [0.29, 0.717) is 27.7 Å². The average Bonchev–Trinajstić information content (AvgIpc) is 2.88. The standard InChI is InChI=1S/C14H10ClN3O2/c15-11-4-2-1-3-9(11)13-17-14(20-18-13)10-6-5-8(16)7-12(10)19/h1-7,19H,16H2. The largest absolute Gasteiger partial charge is 0.507 e. The predicted molar refractivity (Wildman–Crippen MR) is 76.3 cm³/mol. The first-order chi connectivity index (χ1) is 9.65. The fourth-order valence-electron chi connectivity index (χ4n) is 1.81. The molecular weight excluding hydrogens is 278 g/mol. The number of phenols is 1. The van der Waals surface area contributed by atoms with Gasteiger partial charge in [0.05, 0.1) is 10.6 Å². The second-order valence-electron chi connectivity index (χ2n) is 4.18. The second kappa shape index (κ2) is 4.86. The molecule has 20 heavy (non-hydrogen) atoms. The lowest BCUT2D eigenvalue weighted by atomic mass is 10.2. The lowest BCUT2D eigenvalue weighted by Gasteiger charge is -2.00. The van der Waals surface area contributed by atoms with Crippen molar-refractivity contribution in [3.05, 3.63) is 47.5 Å². The molecule has 5 nitrogen and oxygen atoms in total. The van der Waals surface area contributed by atoms with Gasteiger partial charge in [-0.25, -0.2) is 0 Å². The van der Waals surface area contributed by atoms with E-state index < -0.39 is 0 Å². The molecule has 0 unspecified atom stereocenters. The summed E-state index contributed by atoms with van der Waals surface area (Å²) in [7, 11) is 0. The molecule has 6 heteroatoms. The van der Waals surface area contributed by atoms with Crippen LogP contribution in [0.2, 0.25) is 5.02 Å². The van der Waals surface area contributed by atoms with E-state index in [1.807, 2.05) is 12.1 Å². The van der Waals surface area contributed by atoms with Crippen LogP contribution in [0.4, 0.5) is 5.69 Å². The Labute approximate surface area is 119 Å². The van der Waals surface area contributed by atoms with Crippen LogP contribution in [0.3, 0.4) is 0 Å². The summed E-state index contributed by atoms with van der Waals surface area (Å²) in [6.45, 7) is 0. The molecule has 1 aromatic heterocycles. The molecular formula is C14H10ClN3O2. The summed E-state index contributed by atoms with van der Waals surface area (Å²) in [6, 6.07) is 11.9. The Morgan fingerprint density at radius 3 is 2.65 bits per heavy atom. The SMILES string of the molecule is Nc1ccc(-c2nc(-c3ccccc3Cl)no2)c(O)c1. The van der Waals surface area contributed by atoms with Gasteiger partial charge >= 0.3 is 0 Å². The molecule has 0 aliphatic heterocycles. The summed E-state index contributed by atoms with van der Waals surface area (Å²) in [4.78, 5) is 4.24. The van der Waals surface area contributed by atoms with Crippen molar-refractivity contribution in [2.45, 2.75) is 0 Å². The maximum Gasteiger partial charge on any atom is 0.262 e. The number of benzene rings is 2. The van der Waals surface area contributed by atoms with Gasteiger partial charge in [0, 0.05) is 17.3 Å². The summed E-state index contributed by atoms with van der Waals surface area (Å²) < 4.78 is 5.16. The Kier molecular flexibility index (Phi) is 3.04. The summed E-state index contributed by atoms with van der Waals surface area (Å²) >= 11 is 6.08. The third-order valence-corrected chi connectivity index (χ3v) is 3.12. The minimum Gasteiger partial charge on any atom is -0.507 e. The zero-order valence-corrected chi connectivity index (χ0v) is 11.0. The van der Waals surface area contributed by atoms with E-state index in [2.05, 4.69) is 10.1 Å². The number of anilines is 1. The molecule has 100 valence electrons. The van der Waals surface area contributed by atoms with Crippen LogP contribution in [0.1, 0.15) is 0 Å². The summed E-state index contributed by atoms with van der Waals surface area (Å²) in [5.41, 5.74) is 7.12. The van der Waals surface area contributed by atoms with Crippen LogP contribution >= 0.6 is 11.6 Å². The van der Waals surface area contributed by atoms with E-state index in [4.69, 9.17) is 21.9 Å². The Balaban J connectivity index is 2.04. The molecule has 3 aromatic rings. The number of nitrogen functional groups attached to an aromatic ring is 1. The first-order valence-electron chi connectivity index (χ1n) is 5.82. The third kappa shape index (κ3) is 2.19. The highest BCUT2D eigenvalue weighted by Gasteiger charge is 2.15. The smallest absolute Gasteiger partial charge is 0.262 e. The van der Waals surface area contributed by atoms with Crippen LogP contribution in [0.15, 0.2) is 47.0 Å². The quantitative estimate of drug-likeness (QED) is 0.706. The van der Waals surface area contributed by atoms with Crippen LogP contribution in [0.5, 0.6) is 5.75 Å². The molecule has 0 aliphatic carbocycles. The van der Waals surface area contributed by atoms with Crippen LogP contribution in [0.25, 0.3) is 22.8 Å². The maximum atomic E-state index is 9.85. The summed E-state index contributed by atoms with van der Waals surface area (Å²) in [5.74, 6) is 0.554. The monoisotopic (exact) mass is 287 g/mol. The van der Waals surface area contributed by atoms with E-state index in [9.17, 15) is 5.11 Å². The fraction of sp³-hybridized carbons (Fsp3) is 0. The van der Waals surface area contributed by atoms with Crippen molar-refractivity contribution in [1.82, 2.24) is 10.1 Å². The second-order valence-corrected chi connectivity index (χ2v) is 4.59. The van der Waals surface area contributed by atoms with Crippen molar-refractivity contribution < 1.29 is 9.63 Å². The molecule has 1 heterocycles. The molecule has 0 spiro atoms. The van der Waals surface area contributed by atoms with Gasteiger partial charge in [0.15, 0.2) is 0 Å². The lowest BCUT2D eigenvalue weighted by Crippen LogP contribution is -1.86. The minimum atomic E-state index is -0.0145. The number of halogens is 1.